The molecule has 2 aliphatic rings. The fourth-order valence-corrected chi connectivity index (χ4v) is 3.95. The Bertz CT molecular complexity index is 247. The Balaban J connectivity index is 1.83. The van der Waals surface area contributed by atoms with Crippen molar-refractivity contribution in [3.05, 3.63) is 0 Å². The van der Waals surface area contributed by atoms with Crippen LogP contribution in [-0.4, -0.2) is 62.3 Å². The first-order valence-corrected chi connectivity index (χ1v) is 8.94. The fourth-order valence-electron chi connectivity index (χ4n) is 3.03. The number of hydrogen-bond donors (Lipinski definition) is 1. The molecule has 0 spiro atoms. The second kappa shape index (κ2) is 7.87. The van der Waals surface area contributed by atoms with Gasteiger partial charge in [-0.05, 0) is 37.6 Å². The van der Waals surface area contributed by atoms with E-state index in [1.54, 1.807) is 0 Å². The third-order valence-corrected chi connectivity index (χ3v) is 5.16. The molecule has 4 heteroatoms. The largest absolute Gasteiger partial charge is 0.381 e. The number of nitrogens with zero attached hydrogens (tertiary/aromatic N) is 1. The van der Waals surface area contributed by atoms with Crippen LogP contribution in [0.3, 0.4) is 0 Å². The van der Waals surface area contributed by atoms with E-state index >= 15 is 0 Å². The van der Waals surface area contributed by atoms with E-state index in [1.165, 1.54) is 44.0 Å². The minimum atomic E-state index is 0.365. The molecule has 0 aromatic heterocycles. The van der Waals surface area contributed by atoms with E-state index < -0.39 is 0 Å². The average Bonchev–Trinajstić information content (AvgIpc) is 2.66. The first kappa shape index (κ1) is 15.6. The Morgan fingerprint density at radius 2 is 2.21 bits per heavy atom. The first-order chi connectivity index (χ1) is 9.20. The lowest BCUT2D eigenvalue weighted by atomic mass is 9.86. The van der Waals surface area contributed by atoms with Crippen LogP contribution in [0.15, 0.2) is 0 Å². The normalized spacial score (nSPS) is 29.8. The number of ether oxygens (including phenoxy) is 1. The maximum absolute atomic E-state index is 5.72. The minimum absolute atomic E-state index is 0.365. The van der Waals surface area contributed by atoms with Gasteiger partial charge in [-0.25, -0.2) is 0 Å². The van der Waals surface area contributed by atoms with Crippen LogP contribution in [0.25, 0.3) is 0 Å². The molecule has 0 saturated carbocycles. The van der Waals surface area contributed by atoms with Gasteiger partial charge in [0.1, 0.15) is 0 Å². The van der Waals surface area contributed by atoms with Gasteiger partial charge >= 0.3 is 0 Å². The summed E-state index contributed by atoms with van der Waals surface area (Å²) in [5.41, 5.74) is 0.365. The molecule has 0 aromatic carbocycles. The molecule has 0 radical (unpaired) electrons. The van der Waals surface area contributed by atoms with Crippen LogP contribution >= 0.6 is 11.8 Å². The Labute approximate surface area is 122 Å². The molecule has 112 valence electrons. The van der Waals surface area contributed by atoms with Crippen molar-refractivity contribution in [2.45, 2.75) is 26.7 Å². The lowest BCUT2D eigenvalue weighted by Gasteiger charge is -2.34. The van der Waals surface area contributed by atoms with E-state index in [1.807, 2.05) is 0 Å². The van der Waals surface area contributed by atoms with E-state index in [0.29, 0.717) is 5.41 Å². The van der Waals surface area contributed by atoms with Gasteiger partial charge in [-0.2, -0.15) is 11.8 Å². The summed E-state index contributed by atoms with van der Waals surface area (Å²) in [4.78, 5) is 2.67. The number of thioether (sulfide) groups is 1. The molecule has 0 aliphatic carbocycles. The lowest BCUT2D eigenvalue weighted by molar-refractivity contribution is 0.111. The zero-order valence-corrected chi connectivity index (χ0v) is 13.4. The lowest BCUT2D eigenvalue weighted by Crippen LogP contribution is -2.46. The summed E-state index contributed by atoms with van der Waals surface area (Å²) in [5, 5.41) is 3.66. The molecule has 1 unspecified atom stereocenters. The van der Waals surface area contributed by atoms with Crippen molar-refractivity contribution in [1.82, 2.24) is 10.2 Å². The van der Waals surface area contributed by atoms with Crippen LogP contribution < -0.4 is 5.32 Å². The molecule has 0 aromatic rings. The number of rotatable bonds is 6. The third kappa shape index (κ3) is 5.25. The highest BCUT2D eigenvalue weighted by molar-refractivity contribution is 7.99. The van der Waals surface area contributed by atoms with E-state index in [4.69, 9.17) is 4.74 Å². The summed E-state index contributed by atoms with van der Waals surface area (Å²) in [7, 11) is 0. The van der Waals surface area contributed by atoms with Gasteiger partial charge in [-0.1, -0.05) is 13.8 Å². The predicted molar refractivity (Wildman–Crippen MR) is 84.0 cm³/mol. The van der Waals surface area contributed by atoms with Crippen LogP contribution in [0.5, 0.6) is 0 Å². The molecule has 2 fully saturated rings. The topological polar surface area (TPSA) is 24.5 Å². The maximum atomic E-state index is 5.72. The summed E-state index contributed by atoms with van der Waals surface area (Å²) in [6, 6.07) is 0. The van der Waals surface area contributed by atoms with Gasteiger partial charge in [0.05, 0.1) is 6.61 Å². The highest BCUT2D eigenvalue weighted by atomic mass is 32.2. The van der Waals surface area contributed by atoms with Gasteiger partial charge in [-0.15, -0.1) is 0 Å². The van der Waals surface area contributed by atoms with Crippen molar-refractivity contribution in [3.63, 3.8) is 0 Å². The van der Waals surface area contributed by atoms with E-state index in [9.17, 15) is 0 Å². The van der Waals surface area contributed by atoms with Crippen molar-refractivity contribution < 1.29 is 4.74 Å². The Hall–Kier alpha value is 0.230. The zero-order chi connectivity index (χ0) is 13.6. The van der Waals surface area contributed by atoms with Gasteiger partial charge in [-0.3, -0.25) is 0 Å². The monoisotopic (exact) mass is 286 g/mol. The van der Waals surface area contributed by atoms with Crippen LogP contribution in [0.1, 0.15) is 26.7 Å². The van der Waals surface area contributed by atoms with Crippen LogP contribution in [-0.2, 0) is 4.74 Å². The molecule has 2 aliphatic heterocycles. The van der Waals surface area contributed by atoms with Gasteiger partial charge in [0.25, 0.3) is 0 Å². The van der Waals surface area contributed by atoms with Crippen molar-refractivity contribution in [2.24, 2.45) is 11.3 Å². The first-order valence-electron chi connectivity index (χ1n) is 7.79. The highest BCUT2D eigenvalue weighted by Gasteiger charge is 2.36. The standard InChI is InChI=1S/C15H30N2OS/c1-14(2)10-16-11-15(4-7-18-13-15)12-17-5-3-8-19-9-6-17/h14,16H,3-13H2,1-2H3. The van der Waals surface area contributed by atoms with Crippen molar-refractivity contribution in [1.29, 1.82) is 0 Å². The predicted octanol–water partition coefficient (Wildman–Crippen LogP) is 2.08. The molecule has 2 heterocycles. The van der Waals surface area contributed by atoms with E-state index in [2.05, 4.69) is 35.8 Å². The van der Waals surface area contributed by atoms with E-state index in [-0.39, 0.29) is 0 Å². The quantitative estimate of drug-likeness (QED) is 0.808. The second-order valence-corrected chi connectivity index (χ2v) is 7.79. The summed E-state index contributed by atoms with van der Waals surface area (Å²) in [6.45, 7) is 12.4. The molecule has 0 amide bonds. The minimum Gasteiger partial charge on any atom is -0.381 e. The Kier molecular flexibility index (Phi) is 6.46. The van der Waals surface area contributed by atoms with Crippen LogP contribution in [0.2, 0.25) is 0 Å². The van der Waals surface area contributed by atoms with Crippen molar-refractivity contribution in [2.75, 3.05) is 57.4 Å². The third-order valence-electron chi connectivity index (χ3n) is 4.11. The van der Waals surface area contributed by atoms with Crippen molar-refractivity contribution >= 4 is 11.8 Å². The second-order valence-electron chi connectivity index (χ2n) is 6.57. The van der Waals surface area contributed by atoms with Crippen molar-refractivity contribution in [3.8, 4) is 0 Å². The summed E-state index contributed by atoms with van der Waals surface area (Å²) < 4.78 is 5.72. The SMILES string of the molecule is CC(C)CNCC1(CN2CCCSCC2)CCOC1. The van der Waals surface area contributed by atoms with Gasteiger partial charge in [0, 0.05) is 37.4 Å². The molecule has 3 nitrogen and oxygen atoms in total. The van der Waals surface area contributed by atoms with Crippen LogP contribution in [0.4, 0.5) is 0 Å². The average molecular weight is 286 g/mol. The smallest absolute Gasteiger partial charge is 0.0547 e. The van der Waals surface area contributed by atoms with Gasteiger partial charge in [0.15, 0.2) is 0 Å². The molecule has 19 heavy (non-hydrogen) atoms. The molecule has 2 rings (SSSR count). The molecule has 2 saturated heterocycles. The molecule has 1 N–H and O–H groups in total. The maximum Gasteiger partial charge on any atom is 0.0547 e. The van der Waals surface area contributed by atoms with Gasteiger partial charge < -0.3 is 15.0 Å². The molecular weight excluding hydrogens is 256 g/mol. The molecule has 0 bridgehead atoms. The van der Waals surface area contributed by atoms with Gasteiger partial charge in [0.2, 0.25) is 0 Å². The number of hydrogen-bond acceptors (Lipinski definition) is 4. The fraction of sp³-hybridized carbons (Fsp3) is 1.00. The summed E-state index contributed by atoms with van der Waals surface area (Å²) in [5.74, 6) is 3.37. The summed E-state index contributed by atoms with van der Waals surface area (Å²) in [6.07, 6.45) is 2.57. The highest BCUT2D eigenvalue weighted by Crippen LogP contribution is 2.30. The van der Waals surface area contributed by atoms with E-state index in [0.717, 1.165) is 32.2 Å². The zero-order valence-electron chi connectivity index (χ0n) is 12.6. The Morgan fingerprint density at radius 3 is 2.95 bits per heavy atom. The molecular formula is C15H30N2OS. The molecule has 1 atom stereocenters. The summed E-state index contributed by atoms with van der Waals surface area (Å²) >= 11 is 2.11. The number of nitrogens with one attached hydrogen (secondary N) is 1. The van der Waals surface area contributed by atoms with Crippen LogP contribution in [0, 0.1) is 11.3 Å². The Morgan fingerprint density at radius 1 is 1.32 bits per heavy atom.